The largest absolute Gasteiger partial charge is 0.450 e. The van der Waals surface area contributed by atoms with Gasteiger partial charge in [-0.1, -0.05) is 11.6 Å². The van der Waals surface area contributed by atoms with Crippen LogP contribution in [-0.4, -0.2) is 17.7 Å². The number of carbonyl (C=O) groups excluding carboxylic acids is 1. The topological polar surface area (TPSA) is 103 Å². The van der Waals surface area contributed by atoms with Crippen molar-refractivity contribution in [1.82, 2.24) is 4.98 Å². The predicted molar refractivity (Wildman–Crippen MR) is 58.7 cm³/mol. The summed E-state index contributed by atoms with van der Waals surface area (Å²) in [6, 6.07) is 1.40. The maximum Gasteiger partial charge on any atom is 0.412 e. The number of ether oxygens (including phenoxy) is 1. The lowest BCUT2D eigenvalue weighted by molar-refractivity contribution is 0.168. The molecule has 6 nitrogen and oxygen atoms in total. The van der Waals surface area contributed by atoms with E-state index < -0.39 is 6.09 Å². The van der Waals surface area contributed by atoms with E-state index in [-0.39, 0.29) is 29.0 Å². The molecular weight excluding hydrogens is 220 g/mol. The van der Waals surface area contributed by atoms with Crippen LogP contribution >= 0.6 is 11.6 Å². The number of halogens is 1. The minimum absolute atomic E-state index is 0.0433. The van der Waals surface area contributed by atoms with Gasteiger partial charge in [-0.15, -0.1) is 0 Å². The molecule has 0 bridgehead atoms. The van der Waals surface area contributed by atoms with Crippen molar-refractivity contribution < 1.29 is 9.53 Å². The Bertz CT molecular complexity index is 360. The van der Waals surface area contributed by atoms with Gasteiger partial charge in [-0.05, 0) is 6.92 Å². The molecule has 1 aromatic heterocycles. The Labute approximate surface area is 91.6 Å². The number of carbonyl (C=O) groups is 1. The highest BCUT2D eigenvalue weighted by atomic mass is 35.5. The lowest BCUT2D eigenvalue weighted by Crippen LogP contribution is -2.15. The van der Waals surface area contributed by atoms with Crippen LogP contribution in [0.5, 0.6) is 0 Å². The van der Waals surface area contributed by atoms with E-state index in [1.54, 1.807) is 6.92 Å². The summed E-state index contributed by atoms with van der Waals surface area (Å²) >= 11 is 5.67. The van der Waals surface area contributed by atoms with E-state index in [1.165, 1.54) is 6.07 Å². The van der Waals surface area contributed by atoms with Gasteiger partial charge in [0.2, 0.25) is 0 Å². The average Bonchev–Trinajstić information content (AvgIpc) is 2.14. The molecule has 0 atom stereocenters. The molecule has 0 unspecified atom stereocenters. The van der Waals surface area contributed by atoms with Gasteiger partial charge in [-0.3, -0.25) is 5.32 Å². The van der Waals surface area contributed by atoms with Crippen molar-refractivity contribution >= 4 is 34.9 Å². The van der Waals surface area contributed by atoms with E-state index in [0.717, 1.165) is 0 Å². The zero-order valence-electron chi connectivity index (χ0n) is 8.08. The summed E-state index contributed by atoms with van der Waals surface area (Å²) < 4.78 is 4.65. The molecule has 82 valence electrons. The second kappa shape index (κ2) is 4.70. The highest BCUT2D eigenvalue weighted by molar-refractivity contribution is 6.32. The van der Waals surface area contributed by atoms with Crippen LogP contribution in [0.4, 0.5) is 22.0 Å². The van der Waals surface area contributed by atoms with Gasteiger partial charge < -0.3 is 16.2 Å². The Hall–Kier alpha value is -1.69. The van der Waals surface area contributed by atoms with Crippen molar-refractivity contribution in [2.24, 2.45) is 0 Å². The molecule has 0 radical (unpaired) electrons. The highest BCUT2D eigenvalue weighted by Crippen LogP contribution is 2.25. The zero-order valence-corrected chi connectivity index (χ0v) is 8.84. The minimum Gasteiger partial charge on any atom is -0.450 e. The number of amides is 1. The van der Waals surface area contributed by atoms with E-state index in [2.05, 4.69) is 15.0 Å². The Balaban J connectivity index is 2.83. The van der Waals surface area contributed by atoms with Gasteiger partial charge in [-0.25, -0.2) is 9.78 Å². The number of nitrogens with two attached hydrogens (primary N) is 2. The molecule has 0 spiro atoms. The van der Waals surface area contributed by atoms with Crippen molar-refractivity contribution in [3.8, 4) is 0 Å². The van der Waals surface area contributed by atoms with E-state index in [1.807, 2.05) is 0 Å². The molecule has 0 aromatic carbocycles. The molecule has 1 amide bonds. The molecule has 0 aliphatic heterocycles. The number of aromatic nitrogens is 1. The van der Waals surface area contributed by atoms with Crippen LogP contribution in [0.1, 0.15) is 6.92 Å². The van der Waals surface area contributed by atoms with Gasteiger partial charge >= 0.3 is 6.09 Å². The van der Waals surface area contributed by atoms with Crippen molar-refractivity contribution in [1.29, 1.82) is 0 Å². The van der Waals surface area contributed by atoms with E-state index in [0.29, 0.717) is 0 Å². The summed E-state index contributed by atoms with van der Waals surface area (Å²) in [6.45, 7) is 1.96. The summed E-state index contributed by atoms with van der Waals surface area (Å²) in [6.07, 6.45) is -0.620. The third-order valence-electron chi connectivity index (χ3n) is 1.55. The molecule has 0 fully saturated rings. The quantitative estimate of drug-likeness (QED) is 0.668. The van der Waals surface area contributed by atoms with Gasteiger partial charge in [0, 0.05) is 6.07 Å². The van der Waals surface area contributed by atoms with Crippen LogP contribution in [-0.2, 0) is 4.74 Å². The molecule has 0 saturated heterocycles. The van der Waals surface area contributed by atoms with Crippen LogP contribution in [0.15, 0.2) is 6.07 Å². The van der Waals surface area contributed by atoms with Gasteiger partial charge in [0.1, 0.15) is 5.82 Å². The zero-order chi connectivity index (χ0) is 11.4. The molecular formula is C8H11ClN4O2. The number of nitrogens with one attached hydrogen (secondary N) is 1. The van der Waals surface area contributed by atoms with Gasteiger partial charge in [0.05, 0.1) is 18.0 Å². The number of hydrogen-bond acceptors (Lipinski definition) is 5. The molecule has 0 aliphatic rings. The Kier molecular flexibility index (Phi) is 3.56. The van der Waals surface area contributed by atoms with E-state index in [4.69, 9.17) is 23.1 Å². The molecule has 1 rings (SSSR count). The van der Waals surface area contributed by atoms with Crippen molar-refractivity contribution in [3.63, 3.8) is 0 Å². The first-order valence-corrected chi connectivity index (χ1v) is 4.57. The first-order chi connectivity index (χ1) is 7.04. The van der Waals surface area contributed by atoms with Crippen LogP contribution < -0.4 is 16.8 Å². The monoisotopic (exact) mass is 230 g/mol. The molecule has 15 heavy (non-hydrogen) atoms. The number of hydrogen-bond donors (Lipinski definition) is 3. The minimum atomic E-state index is -0.620. The Morgan fingerprint density at radius 3 is 2.87 bits per heavy atom. The van der Waals surface area contributed by atoms with Crippen LogP contribution in [0.2, 0.25) is 5.15 Å². The second-order valence-corrected chi connectivity index (χ2v) is 3.00. The normalized spacial score (nSPS) is 9.73. The third-order valence-corrected chi connectivity index (χ3v) is 1.84. The summed E-state index contributed by atoms with van der Waals surface area (Å²) in [5, 5.41) is 2.40. The van der Waals surface area contributed by atoms with Crippen molar-refractivity contribution in [2.45, 2.75) is 6.92 Å². The fraction of sp³-hybridized carbons (Fsp3) is 0.250. The van der Waals surface area contributed by atoms with Gasteiger partial charge in [0.25, 0.3) is 0 Å². The van der Waals surface area contributed by atoms with E-state index in [9.17, 15) is 4.79 Å². The molecule has 7 heteroatoms. The summed E-state index contributed by atoms with van der Waals surface area (Å²) in [7, 11) is 0. The number of pyridine rings is 1. The summed E-state index contributed by atoms with van der Waals surface area (Å²) in [5.41, 5.74) is 11.4. The number of rotatable bonds is 2. The molecule has 0 aliphatic carbocycles. The Morgan fingerprint density at radius 1 is 1.67 bits per heavy atom. The standard InChI is InChI=1S/C8H11ClN4O2/c1-2-15-8(14)13-5-3-4(10)6(11)7(9)12-5/h3H,2,11H2,1H3,(H3,10,12,13,14). The molecule has 0 saturated carbocycles. The fourth-order valence-electron chi connectivity index (χ4n) is 0.878. The average molecular weight is 231 g/mol. The van der Waals surface area contributed by atoms with Crippen LogP contribution in [0, 0.1) is 0 Å². The maximum absolute atomic E-state index is 11.0. The fourth-order valence-corrected chi connectivity index (χ4v) is 1.08. The number of nitrogens with zero attached hydrogens (tertiary/aromatic N) is 1. The predicted octanol–water partition coefficient (Wildman–Crippen LogP) is 1.47. The summed E-state index contributed by atoms with van der Waals surface area (Å²) in [4.78, 5) is 14.8. The van der Waals surface area contributed by atoms with Gasteiger partial charge in [-0.2, -0.15) is 0 Å². The molecule has 5 N–H and O–H groups in total. The van der Waals surface area contributed by atoms with Crippen LogP contribution in [0.3, 0.4) is 0 Å². The van der Waals surface area contributed by atoms with Crippen molar-refractivity contribution in [3.05, 3.63) is 11.2 Å². The second-order valence-electron chi connectivity index (χ2n) is 2.65. The first kappa shape index (κ1) is 11.4. The molecule has 1 aromatic rings. The maximum atomic E-state index is 11.0. The van der Waals surface area contributed by atoms with Crippen molar-refractivity contribution in [2.75, 3.05) is 23.4 Å². The summed E-state index contributed by atoms with van der Waals surface area (Å²) in [5.74, 6) is 0.199. The Morgan fingerprint density at radius 2 is 2.33 bits per heavy atom. The molecule has 1 heterocycles. The first-order valence-electron chi connectivity index (χ1n) is 4.19. The lowest BCUT2D eigenvalue weighted by Gasteiger charge is -2.07. The smallest absolute Gasteiger partial charge is 0.412 e. The lowest BCUT2D eigenvalue weighted by atomic mass is 10.3. The SMILES string of the molecule is CCOC(=O)Nc1cc(N)c(N)c(Cl)n1. The third kappa shape index (κ3) is 2.88. The van der Waals surface area contributed by atoms with Gasteiger partial charge in [0.15, 0.2) is 5.15 Å². The highest BCUT2D eigenvalue weighted by Gasteiger charge is 2.08. The number of nitrogen functional groups attached to an aromatic ring is 2. The van der Waals surface area contributed by atoms with E-state index >= 15 is 0 Å². The van der Waals surface area contributed by atoms with Crippen LogP contribution in [0.25, 0.3) is 0 Å². The number of anilines is 3.